The second-order valence-corrected chi connectivity index (χ2v) is 21.9. The van der Waals surface area contributed by atoms with Gasteiger partial charge in [0.2, 0.25) is 0 Å². The number of nitrogens with zero attached hydrogens (tertiary/aromatic N) is 4. The Bertz CT molecular complexity index is 1780. The normalized spacial score (nSPS) is 16.5. The lowest BCUT2D eigenvalue weighted by Crippen LogP contribution is -2.51. The number of pyridine rings is 2. The summed E-state index contributed by atoms with van der Waals surface area (Å²) in [5, 5.41) is 17.8. The van der Waals surface area contributed by atoms with Gasteiger partial charge in [0.15, 0.2) is 19.9 Å². The summed E-state index contributed by atoms with van der Waals surface area (Å²) in [6, 6.07) is 15.8. The van der Waals surface area contributed by atoms with Crippen LogP contribution in [0.3, 0.4) is 0 Å². The first-order valence-corrected chi connectivity index (χ1v) is 20.9. The number of ether oxygens (including phenoxy) is 1. The van der Waals surface area contributed by atoms with Crippen LogP contribution in [0.15, 0.2) is 60.8 Å². The van der Waals surface area contributed by atoms with E-state index in [1.54, 1.807) is 6.07 Å². The molecule has 0 spiro atoms. The Morgan fingerprint density at radius 3 is 2.48 bits per heavy atom. The number of nitrogens with one attached hydrogen (secondary N) is 1. The summed E-state index contributed by atoms with van der Waals surface area (Å²) in [6.07, 6.45) is 5.85. The van der Waals surface area contributed by atoms with E-state index in [0.717, 1.165) is 34.1 Å². The fraction of sp³-hybridized carbons (Fsp3) is 0.486. The minimum absolute atomic E-state index is 0.103. The summed E-state index contributed by atoms with van der Waals surface area (Å²) in [5.41, 5.74) is 4.45. The van der Waals surface area contributed by atoms with Gasteiger partial charge in [-0.15, -0.1) is 4.72 Å². The monoisotopic (exact) mass is 689 g/mol. The summed E-state index contributed by atoms with van der Waals surface area (Å²) < 4.78 is 29.6. The standard InChI is InChI=1S/C37H51N5O4SSi/c1-10-19-37(43,41-47(44)35(2,3)4)33-15-12-14-31(40-33)27-22-29(26-17-20-45-21-18-26)30-24-38-42(32(30)23-27)34-16-11-13-28(39-34)25-46-48(8,9)36(5,6)7/h11-17,22-24,41,43H,10,18-21,25H2,1-9H3/t37-,47+/m0/s1. The Kier molecular flexibility index (Phi) is 10.7. The van der Waals surface area contributed by atoms with Crippen molar-refractivity contribution in [2.75, 3.05) is 13.2 Å². The number of hydrogen-bond acceptors (Lipinski definition) is 8. The number of fused-ring (bicyclic) bond motifs is 1. The summed E-state index contributed by atoms with van der Waals surface area (Å²) >= 11 is -1.50. The van der Waals surface area contributed by atoms with Crippen LogP contribution >= 0.6 is 0 Å². The summed E-state index contributed by atoms with van der Waals surface area (Å²) in [6.45, 7) is 20.5. The average Bonchev–Trinajstić information content (AvgIpc) is 3.47. The molecule has 1 aliphatic rings. The molecule has 4 aromatic rings. The molecule has 5 rings (SSSR count). The lowest BCUT2D eigenvalue weighted by atomic mass is 9.94. The summed E-state index contributed by atoms with van der Waals surface area (Å²) in [4.78, 5) is 9.97. The van der Waals surface area contributed by atoms with Gasteiger partial charge in [0, 0.05) is 22.3 Å². The molecule has 0 aliphatic carbocycles. The second kappa shape index (κ2) is 14.1. The van der Waals surface area contributed by atoms with Crippen LogP contribution in [-0.4, -0.2) is 55.7 Å². The van der Waals surface area contributed by atoms with Crippen LogP contribution < -0.4 is 4.72 Å². The molecule has 0 bridgehead atoms. The predicted molar refractivity (Wildman–Crippen MR) is 197 cm³/mol. The molecule has 3 aromatic heterocycles. The highest BCUT2D eigenvalue weighted by molar-refractivity contribution is 7.90. The van der Waals surface area contributed by atoms with Crippen molar-refractivity contribution in [3.63, 3.8) is 0 Å². The highest BCUT2D eigenvalue weighted by atomic mass is 32.2. The predicted octanol–water partition coefficient (Wildman–Crippen LogP) is 7.81. The van der Waals surface area contributed by atoms with Crippen molar-refractivity contribution < 1.29 is 18.8 Å². The van der Waals surface area contributed by atoms with Gasteiger partial charge in [-0.3, -0.25) is 0 Å². The molecule has 1 aliphatic heterocycles. The van der Waals surface area contributed by atoms with Gasteiger partial charge in [0.05, 0.1) is 48.6 Å². The Hall–Kier alpha value is -2.90. The fourth-order valence-electron chi connectivity index (χ4n) is 5.36. The van der Waals surface area contributed by atoms with E-state index in [9.17, 15) is 9.66 Å². The molecule has 0 amide bonds. The topological polar surface area (TPSA) is 117 Å². The third-order valence-corrected chi connectivity index (χ3v) is 15.4. The molecule has 2 N–H and O–H groups in total. The van der Waals surface area contributed by atoms with E-state index in [4.69, 9.17) is 24.2 Å². The smallest absolute Gasteiger partial charge is 0.200 e. The molecule has 48 heavy (non-hydrogen) atoms. The molecule has 0 radical (unpaired) electrons. The molecule has 0 saturated heterocycles. The van der Waals surface area contributed by atoms with Gasteiger partial charge in [-0.05, 0) is 99.3 Å². The van der Waals surface area contributed by atoms with E-state index < -0.39 is 30.2 Å². The minimum Gasteiger partial charge on any atom is -0.598 e. The van der Waals surface area contributed by atoms with Gasteiger partial charge in [-0.2, -0.15) is 5.10 Å². The first-order valence-electron chi connectivity index (χ1n) is 16.8. The minimum atomic E-state index is -1.95. The van der Waals surface area contributed by atoms with Crippen LogP contribution in [0.2, 0.25) is 18.1 Å². The van der Waals surface area contributed by atoms with Crippen LogP contribution in [-0.2, 0) is 32.9 Å². The fourth-order valence-corrected chi connectivity index (χ4v) is 7.12. The van der Waals surface area contributed by atoms with E-state index >= 15 is 0 Å². The van der Waals surface area contributed by atoms with Gasteiger partial charge in [0.25, 0.3) is 0 Å². The van der Waals surface area contributed by atoms with Crippen molar-refractivity contribution in [1.29, 1.82) is 0 Å². The average molecular weight is 690 g/mol. The largest absolute Gasteiger partial charge is 0.598 e. The lowest BCUT2D eigenvalue weighted by Gasteiger charge is -2.36. The number of rotatable bonds is 11. The van der Waals surface area contributed by atoms with Crippen LogP contribution in [0.4, 0.5) is 0 Å². The molecule has 1 aromatic carbocycles. The van der Waals surface area contributed by atoms with Crippen molar-refractivity contribution in [2.24, 2.45) is 0 Å². The molecule has 0 fully saturated rings. The number of hydrogen-bond donors (Lipinski definition) is 2. The van der Waals surface area contributed by atoms with Gasteiger partial charge in [0.1, 0.15) is 4.75 Å². The molecular formula is C37H51N5O4SSi. The second-order valence-electron chi connectivity index (χ2n) is 15.1. The maximum Gasteiger partial charge on any atom is 0.200 e. The van der Waals surface area contributed by atoms with Crippen molar-refractivity contribution in [1.82, 2.24) is 24.5 Å². The number of benzene rings is 1. The van der Waals surface area contributed by atoms with Gasteiger partial charge in [-0.25, -0.2) is 14.6 Å². The first-order chi connectivity index (χ1) is 22.5. The summed E-state index contributed by atoms with van der Waals surface area (Å²) in [7, 11) is -1.95. The number of aromatic nitrogens is 4. The van der Waals surface area contributed by atoms with Crippen molar-refractivity contribution in [3.8, 4) is 17.1 Å². The Morgan fingerprint density at radius 2 is 1.81 bits per heavy atom. The maximum atomic E-state index is 13.1. The van der Waals surface area contributed by atoms with Gasteiger partial charge >= 0.3 is 0 Å². The Balaban J connectivity index is 1.59. The molecule has 4 heterocycles. The van der Waals surface area contributed by atoms with E-state index in [2.05, 4.69) is 56.8 Å². The van der Waals surface area contributed by atoms with E-state index in [-0.39, 0.29) is 5.04 Å². The Morgan fingerprint density at radius 1 is 1.06 bits per heavy atom. The molecule has 9 nitrogen and oxygen atoms in total. The molecule has 11 heteroatoms. The third kappa shape index (κ3) is 7.94. The quantitative estimate of drug-likeness (QED) is 0.0931. The SMILES string of the molecule is CCC[C@@](O)(N[S@+]([O-])C(C)(C)C)c1cccc(-c2cc(C3=CCOCC3)c3cnn(-c4cccc(CO[Si](C)(C)C(C)(C)C)n4)c3c2)n1. The third-order valence-electron chi connectivity index (χ3n) is 9.29. The van der Waals surface area contributed by atoms with Gasteiger partial charge in [-0.1, -0.05) is 52.3 Å². The van der Waals surface area contributed by atoms with Crippen molar-refractivity contribution >= 4 is 36.2 Å². The van der Waals surface area contributed by atoms with Crippen molar-refractivity contribution in [3.05, 3.63) is 77.8 Å². The molecule has 258 valence electrons. The molecule has 2 atom stereocenters. The highest BCUT2D eigenvalue weighted by Crippen LogP contribution is 2.38. The first kappa shape index (κ1) is 36.4. The Labute approximate surface area is 289 Å². The van der Waals surface area contributed by atoms with Crippen LogP contribution in [0.1, 0.15) is 84.7 Å². The van der Waals surface area contributed by atoms with E-state index in [1.807, 2.05) is 68.9 Å². The molecule has 0 saturated carbocycles. The van der Waals surface area contributed by atoms with Crippen molar-refractivity contribution in [2.45, 2.75) is 103 Å². The zero-order valence-electron chi connectivity index (χ0n) is 29.9. The van der Waals surface area contributed by atoms with Crippen LogP contribution in [0, 0.1) is 0 Å². The maximum absolute atomic E-state index is 13.1. The zero-order valence-corrected chi connectivity index (χ0v) is 31.7. The molecule has 0 unspecified atom stereocenters. The zero-order chi connectivity index (χ0) is 34.9. The van der Waals surface area contributed by atoms with Gasteiger partial charge < -0.3 is 18.8 Å². The number of aliphatic hydroxyl groups is 1. The van der Waals surface area contributed by atoms with Crippen LogP contribution in [0.25, 0.3) is 33.6 Å². The molecular weight excluding hydrogens is 639 g/mol. The van der Waals surface area contributed by atoms with E-state index in [1.165, 1.54) is 5.57 Å². The van der Waals surface area contributed by atoms with E-state index in [0.29, 0.717) is 49.9 Å². The summed E-state index contributed by atoms with van der Waals surface area (Å²) in [5.74, 6) is 0.707. The van der Waals surface area contributed by atoms with Crippen LogP contribution in [0.5, 0.6) is 0 Å². The highest BCUT2D eigenvalue weighted by Gasteiger charge is 2.40. The lowest BCUT2D eigenvalue weighted by molar-refractivity contribution is 0.0101.